The van der Waals surface area contributed by atoms with Crippen LogP contribution in [0.1, 0.15) is 44.9 Å². The van der Waals surface area contributed by atoms with Crippen LogP contribution in [-0.2, 0) is 9.53 Å². The lowest BCUT2D eigenvalue weighted by molar-refractivity contribution is -0.141. The van der Waals surface area contributed by atoms with Gasteiger partial charge in [0.05, 0.1) is 0 Å². The Labute approximate surface area is 73.3 Å². The van der Waals surface area contributed by atoms with E-state index in [0.29, 0.717) is 6.42 Å². The summed E-state index contributed by atoms with van der Waals surface area (Å²) in [5, 5.41) is 0. The summed E-state index contributed by atoms with van der Waals surface area (Å²) >= 11 is 0. The molecule has 12 heavy (non-hydrogen) atoms. The predicted octanol–water partition coefficient (Wildman–Crippen LogP) is 2.27. The summed E-state index contributed by atoms with van der Waals surface area (Å²) in [6, 6.07) is 0. The van der Waals surface area contributed by atoms with Crippen molar-refractivity contribution < 1.29 is 9.53 Å². The summed E-state index contributed by atoms with van der Waals surface area (Å²) in [5.74, 6) is 0.860. The summed E-state index contributed by atoms with van der Waals surface area (Å²) < 4.78 is 5.18. The average Bonchev–Trinajstić information content (AvgIpc) is 2.63. The van der Waals surface area contributed by atoms with Crippen molar-refractivity contribution in [2.75, 3.05) is 0 Å². The van der Waals surface area contributed by atoms with Crippen LogP contribution >= 0.6 is 0 Å². The third kappa shape index (κ3) is 1.79. The van der Waals surface area contributed by atoms with Gasteiger partial charge in [0.15, 0.2) is 0 Å². The van der Waals surface area contributed by atoms with Gasteiger partial charge in [0, 0.05) is 6.42 Å². The fraction of sp³-hybridized carbons (Fsp3) is 0.900. The van der Waals surface area contributed by atoms with E-state index in [1.807, 2.05) is 0 Å². The number of hydrogen-bond acceptors (Lipinski definition) is 2. The zero-order valence-corrected chi connectivity index (χ0v) is 7.42. The molecule has 0 bridgehead atoms. The Kier molecular flexibility index (Phi) is 2.33. The van der Waals surface area contributed by atoms with Crippen molar-refractivity contribution in [1.29, 1.82) is 0 Å². The highest BCUT2D eigenvalue weighted by Gasteiger charge is 2.27. The van der Waals surface area contributed by atoms with Crippen molar-refractivity contribution in [3.05, 3.63) is 0 Å². The Morgan fingerprint density at radius 2 is 2.00 bits per heavy atom. The first-order chi connectivity index (χ1) is 5.84. The number of esters is 1. The van der Waals surface area contributed by atoms with Crippen LogP contribution in [0.15, 0.2) is 0 Å². The first-order valence-corrected chi connectivity index (χ1v) is 5.04. The predicted molar refractivity (Wildman–Crippen MR) is 45.7 cm³/mol. The van der Waals surface area contributed by atoms with Crippen molar-refractivity contribution >= 4 is 5.97 Å². The van der Waals surface area contributed by atoms with Crippen LogP contribution in [0.5, 0.6) is 0 Å². The Morgan fingerprint density at radius 1 is 1.25 bits per heavy atom. The molecule has 1 heterocycles. The highest BCUT2D eigenvalue weighted by atomic mass is 16.5. The van der Waals surface area contributed by atoms with E-state index in [4.69, 9.17) is 4.74 Å². The van der Waals surface area contributed by atoms with E-state index in [9.17, 15) is 4.79 Å². The molecule has 0 spiro atoms. The fourth-order valence-corrected chi connectivity index (χ4v) is 2.37. The fourth-order valence-electron chi connectivity index (χ4n) is 2.37. The molecule has 0 aromatic rings. The number of carbonyl (C=O) groups is 1. The molecule has 1 atom stereocenters. The van der Waals surface area contributed by atoms with Gasteiger partial charge in [0.25, 0.3) is 0 Å². The van der Waals surface area contributed by atoms with Gasteiger partial charge in [-0.15, -0.1) is 0 Å². The van der Waals surface area contributed by atoms with Gasteiger partial charge in [-0.25, -0.2) is 0 Å². The van der Waals surface area contributed by atoms with Crippen LogP contribution < -0.4 is 0 Å². The molecule has 1 saturated heterocycles. The molecule has 0 amide bonds. The van der Waals surface area contributed by atoms with Crippen LogP contribution in [0, 0.1) is 5.92 Å². The molecule has 2 aliphatic rings. The van der Waals surface area contributed by atoms with E-state index in [1.165, 1.54) is 25.7 Å². The molecule has 2 rings (SSSR count). The molecule has 2 fully saturated rings. The molecule has 0 radical (unpaired) electrons. The van der Waals surface area contributed by atoms with Crippen LogP contribution in [0.3, 0.4) is 0 Å². The lowest BCUT2D eigenvalue weighted by Gasteiger charge is -2.13. The number of carbonyl (C=O) groups excluding carboxylic acids is 1. The molecule has 0 aromatic heterocycles. The van der Waals surface area contributed by atoms with Gasteiger partial charge in [-0.1, -0.05) is 25.7 Å². The third-order valence-corrected chi connectivity index (χ3v) is 3.04. The first-order valence-electron chi connectivity index (χ1n) is 5.04. The average molecular weight is 168 g/mol. The Morgan fingerprint density at radius 3 is 2.58 bits per heavy atom. The van der Waals surface area contributed by atoms with Crippen LogP contribution in [0.2, 0.25) is 0 Å². The van der Waals surface area contributed by atoms with Crippen molar-refractivity contribution in [2.45, 2.75) is 51.0 Å². The third-order valence-electron chi connectivity index (χ3n) is 3.04. The normalized spacial score (nSPS) is 31.0. The van der Waals surface area contributed by atoms with Gasteiger partial charge >= 0.3 is 5.97 Å². The van der Waals surface area contributed by atoms with E-state index < -0.39 is 0 Å². The summed E-state index contributed by atoms with van der Waals surface area (Å²) in [7, 11) is 0. The van der Waals surface area contributed by atoms with Crippen molar-refractivity contribution in [1.82, 2.24) is 0 Å². The second kappa shape index (κ2) is 3.46. The number of cyclic esters (lactones) is 1. The van der Waals surface area contributed by atoms with Gasteiger partial charge in [-0.05, 0) is 18.8 Å². The second-order valence-corrected chi connectivity index (χ2v) is 4.04. The minimum atomic E-state index is 0.0120. The molecular weight excluding hydrogens is 152 g/mol. The van der Waals surface area contributed by atoms with Gasteiger partial charge in [-0.2, -0.15) is 0 Å². The molecule has 2 heteroatoms. The van der Waals surface area contributed by atoms with Crippen LogP contribution in [0.25, 0.3) is 0 Å². The molecule has 0 unspecified atom stereocenters. The minimum Gasteiger partial charge on any atom is -0.462 e. The van der Waals surface area contributed by atoms with E-state index in [1.54, 1.807) is 0 Å². The first kappa shape index (κ1) is 8.09. The maximum absolute atomic E-state index is 10.8. The zero-order chi connectivity index (χ0) is 8.39. The van der Waals surface area contributed by atoms with E-state index in [0.717, 1.165) is 18.8 Å². The number of rotatable bonds is 2. The molecule has 68 valence electrons. The van der Waals surface area contributed by atoms with Crippen molar-refractivity contribution in [2.24, 2.45) is 5.92 Å². The Bertz CT molecular complexity index is 171. The standard InChI is InChI=1S/C10H16O2/c11-10-6-5-9(12-10)7-8-3-1-2-4-8/h8-9H,1-7H2/t9-/m0/s1. The number of hydrogen-bond donors (Lipinski definition) is 0. The quantitative estimate of drug-likeness (QED) is 0.591. The topological polar surface area (TPSA) is 26.3 Å². The van der Waals surface area contributed by atoms with E-state index in [2.05, 4.69) is 0 Å². The molecular formula is C10H16O2. The maximum Gasteiger partial charge on any atom is 0.306 e. The Hall–Kier alpha value is -0.530. The molecule has 0 N–H and O–H groups in total. The molecule has 1 aliphatic heterocycles. The smallest absolute Gasteiger partial charge is 0.306 e. The summed E-state index contributed by atoms with van der Waals surface area (Å²) in [6.45, 7) is 0. The monoisotopic (exact) mass is 168 g/mol. The molecule has 2 nitrogen and oxygen atoms in total. The maximum atomic E-state index is 10.8. The molecule has 0 aromatic carbocycles. The largest absolute Gasteiger partial charge is 0.462 e. The second-order valence-electron chi connectivity index (χ2n) is 4.04. The SMILES string of the molecule is O=C1CC[C@@H](CC2CCCC2)O1. The van der Waals surface area contributed by atoms with Gasteiger partial charge in [0.1, 0.15) is 6.10 Å². The lowest BCUT2D eigenvalue weighted by atomic mass is 9.99. The molecule has 1 aliphatic carbocycles. The zero-order valence-electron chi connectivity index (χ0n) is 7.42. The molecule has 1 saturated carbocycles. The van der Waals surface area contributed by atoms with Crippen molar-refractivity contribution in [3.63, 3.8) is 0 Å². The van der Waals surface area contributed by atoms with Crippen molar-refractivity contribution in [3.8, 4) is 0 Å². The van der Waals surface area contributed by atoms with Gasteiger partial charge < -0.3 is 4.74 Å². The van der Waals surface area contributed by atoms with Crippen LogP contribution in [-0.4, -0.2) is 12.1 Å². The van der Waals surface area contributed by atoms with E-state index >= 15 is 0 Å². The summed E-state index contributed by atoms with van der Waals surface area (Å²) in [6.07, 6.45) is 8.48. The summed E-state index contributed by atoms with van der Waals surface area (Å²) in [5.41, 5.74) is 0. The van der Waals surface area contributed by atoms with Gasteiger partial charge in [-0.3, -0.25) is 4.79 Å². The lowest BCUT2D eigenvalue weighted by Crippen LogP contribution is -2.11. The van der Waals surface area contributed by atoms with Gasteiger partial charge in [0.2, 0.25) is 0 Å². The van der Waals surface area contributed by atoms with E-state index in [-0.39, 0.29) is 12.1 Å². The highest BCUT2D eigenvalue weighted by Crippen LogP contribution is 2.31. The highest BCUT2D eigenvalue weighted by molar-refractivity contribution is 5.71. The summed E-state index contributed by atoms with van der Waals surface area (Å²) in [4.78, 5) is 10.8. The minimum absolute atomic E-state index is 0.0120. The van der Waals surface area contributed by atoms with Crippen LogP contribution in [0.4, 0.5) is 0 Å². The Balaban J connectivity index is 1.75. The number of ether oxygens (including phenoxy) is 1.